The third-order valence-corrected chi connectivity index (χ3v) is 2.98. The van der Waals surface area contributed by atoms with Crippen molar-refractivity contribution in [1.82, 2.24) is 0 Å². The van der Waals surface area contributed by atoms with E-state index in [2.05, 4.69) is 5.32 Å². The number of nitrogens with one attached hydrogen (secondary N) is 1. The van der Waals surface area contributed by atoms with Gasteiger partial charge < -0.3 is 10.1 Å². The molecule has 0 unspecified atom stereocenters. The third kappa shape index (κ3) is 3.98. The molecule has 0 aliphatic rings. The molecule has 3 heteroatoms. The molecule has 2 aromatic rings. The van der Waals surface area contributed by atoms with Crippen LogP contribution in [0.25, 0.3) is 0 Å². The fourth-order valence-electron chi connectivity index (χ4n) is 1.94. The standard InChI is InChI=1S/C17H20FNO/c1-12(2)20-16-8-5-14(6-9-16)11-19-17-10-15(18)7-4-13(17)3/h4-10,12,19H,11H2,1-3H3. The maximum atomic E-state index is 13.2. The number of anilines is 1. The number of rotatable bonds is 5. The molecule has 0 heterocycles. The van der Waals surface area contributed by atoms with Crippen LogP contribution in [0.1, 0.15) is 25.0 Å². The quantitative estimate of drug-likeness (QED) is 0.864. The summed E-state index contributed by atoms with van der Waals surface area (Å²) >= 11 is 0. The van der Waals surface area contributed by atoms with E-state index in [0.717, 1.165) is 22.6 Å². The van der Waals surface area contributed by atoms with Crippen molar-refractivity contribution >= 4 is 5.69 Å². The number of aryl methyl sites for hydroxylation is 1. The van der Waals surface area contributed by atoms with E-state index in [1.165, 1.54) is 12.1 Å². The fourth-order valence-corrected chi connectivity index (χ4v) is 1.94. The molecular formula is C17H20FNO. The van der Waals surface area contributed by atoms with Gasteiger partial charge in [-0.15, -0.1) is 0 Å². The minimum absolute atomic E-state index is 0.175. The second-order valence-electron chi connectivity index (χ2n) is 5.12. The largest absolute Gasteiger partial charge is 0.491 e. The number of benzene rings is 2. The summed E-state index contributed by atoms with van der Waals surface area (Å²) in [5, 5.41) is 3.25. The summed E-state index contributed by atoms with van der Waals surface area (Å²) < 4.78 is 18.8. The minimum Gasteiger partial charge on any atom is -0.491 e. The van der Waals surface area contributed by atoms with Gasteiger partial charge in [-0.25, -0.2) is 4.39 Å². The van der Waals surface area contributed by atoms with Gasteiger partial charge in [0.2, 0.25) is 0 Å². The smallest absolute Gasteiger partial charge is 0.125 e. The minimum atomic E-state index is -0.223. The van der Waals surface area contributed by atoms with Gasteiger partial charge in [0.1, 0.15) is 11.6 Å². The van der Waals surface area contributed by atoms with Crippen molar-refractivity contribution in [3.05, 3.63) is 59.4 Å². The van der Waals surface area contributed by atoms with Crippen molar-refractivity contribution in [2.75, 3.05) is 5.32 Å². The van der Waals surface area contributed by atoms with Crippen molar-refractivity contribution in [3.8, 4) is 5.75 Å². The molecule has 0 radical (unpaired) electrons. The topological polar surface area (TPSA) is 21.3 Å². The Bertz CT molecular complexity index is 564. The van der Waals surface area contributed by atoms with Crippen molar-refractivity contribution < 1.29 is 9.13 Å². The Labute approximate surface area is 119 Å². The van der Waals surface area contributed by atoms with Crippen LogP contribution in [-0.4, -0.2) is 6.10 Å². The molecular weight excluding hydrogens is 253 g/mol. The zero-order valence-corrected chi connectivity index (χ0v) is 12.1. The molecule has 20 heavy (non-hydrogen) atoms. The Balaban J connectivity index is 1.98. The summed E-state index contributed by atoms with van der Waals surface area (Å²) in [6.07, 6.45) is 0.175. The van der Waals surface area contributed by atoms with E-state index in [1.807, 2.05) is 45.0 Å². The van der Waals surface area contributed by atoms with Gasteiger partial charge in [-0.2, -0.15) is 0 Å². The lowest BCUT2D eigenvalue weighted by Gasteiger charge is -2.12. The van der Waals surface area contributed by atoms with Crippen LogP contribution in [0.15, 0.2) is 42.5 Å². The van der Waals surface area contributed by atoms with Gasteiger partial charge in [-0.3, -0.25) is 0 Å². The van der Waals surface area contributed by atoms with E-state index < -0.39 is 0 Å². The predicted molar refractivity (Wildman–Crippen MR) is 80.7 cm³/mol. The summed E-state index contributed by atoms with van der Waals surface area (Å²) in [6, 6.07) is 12.7. The highest BCUT2D eigenvalue weighted by Gasteiger charge is 2.01. The first kappa shape index (κ1) is 14.4. The molecule has 0 aliphatic carbocycles. The third-order valence-electron chi connectivity index (χ3n) is 2.98. The fraction of sp³-hybridized carbons (Fsp3) is 0.294. The number of ether oxygens (including phenoxy) is 1. The lowest BCUT2D eigenvalue weighted by atomic mass is 10.1. The molecule has 106 valence electrons. The number of hydrogen-bond acceptors (Lipinski definition) is 2. The van der Waals surface area contributed by atoms with Gasteiger partial charge in [0.05, 0.1) is 6.10 Å². The molecule has 0 aromatic heterocycles. The van der Waals surface area contributed by atoms with Crippen molar-refractivity contribution in [2.45, 2.75) is 33.4 Å². The Hall–Kier alpha value is -2.03. The Morgan fingerprint density at radius 3 is 2.45 bits per heavy atom. The summed E-state index contributed by atoms with van der Waals surface area (Å²) in [5.74, 6) is 0.643. The van der Waals surface area contributed by atoms with Crippen LogP contribution in [0.4, 0.5) is 10.1 Å². The van der Waals surface area contributed by atoms with E-state index in [-0.39, 0.29) is 11.9 Å². The Morgan fingerprint density at radius 1 is 1.10 bits per heavy atom. The van der Waals surface area contributed by atoms with Crippen LogP contribution in [0.2, 0.25) is 0 Å². The first-order valence-corrected chi connectivity index (χ1v) is 6.80. The Morgan fingerprint density at radius 2 is 1.80 bits per heavy atom. The first-order chi connectivity index (χ1) is 9.54. The molecule has 0 saturated heterocycles. The molecule has 2 rings (SSSR count). The molecule has 0 fully saturated rings. The van der Waals surface area contributed by atoms with Crippen molar-refractivity contribution in [2.24, 2.45) is 0 Å². The van der Waals surface area contributed by atoms with Crippen molar-refractivity contribution in [1.29, 1.82) is 0 Å². The van der Waals surface area contributed by atoms with E-state index in [1.54, 1.807) is 6.07 Å². The molecule has 2 aromatic carbocycles. The zero-order valence-electron chi connectivity index (χ0n) is 12.1. The SMILES string of the molecule is Cc1ccc(F)cc1NCc1ccc(OC(C)C)cc1. The van der Waals surface area contributed by atoms with Crippen LogP contribution >= 0.6 is 0 Å². The summed E-state index contributed by atoms with van der Waals surface area (Å²) in [6.45, 7) is 6.62. The lowest BCUT2D eigenvalue weighted by molar-refractivity contribution is 0.242. The van der Waals surface area contributed by atoms with Crippen LogP contribution in [-0.2, 0) is 6.54 Å². The molecule has 0 aliphatic heterocycles. The highest BCUT2D eigenvalue weighted by molar-refractivity contribution is 5.51. The molecule has 0 bridgehead atoms. The predicted octanol–water partition coefficient (Wildman–Crippen LogP) is 4.53. The highest BCUT2D eigenvalue weighted by Crippen LogP contribution is 2.18. The highest BCUT2D eigenvalue weighted by atomic mass is 19.1. The van der Waals surface area contributed by atoms with Gasteiger partial charge in [-0.05, 0) is 56.2 Å². The molecule has 0 atom stereocenters. The summed E-state index contributed by atoms with van der Waals surface area (Å²) in [5.41, 5.74) is 2.99. The van der Waals surface area contributed by atoms with Gasteiger partial charge in [0.25, 0.3) is 0 Å². The normalized spacial score (nSPS) is 10.7. The summed E-state index contributed by atoms with van der Waals surface area (Å²) in [7, 11) is 0. The second-order valence-corrected chi connectivity index (χ2v) is 5.12. The van der Waals surface area contributed by atoms with E-state index in [0.29, 0.717) is 6.54 Å². The molecule has 0 saturated carbocycles. The maximum Gasteiger partial charge on any atom is 0.125 e. The van der Waals surface area contributed by atoms with E-state index >= 15 is 0 Å². The van der Waals surface area contributed by atoms with Gasteiger partial charge in [0.15, 0.2) is 0 Å². The zero-order chi connectivity index (χ0) is 14.5. The maximum absolute atomic E-state index is 13.2. The number of halogens is 1. The monoisotopic (exact) mass is 273 g/mol. The van der Waals surface area contributed by atoms with Crippen LogP contribution < -0.4 is 10.1 Å². The lowest BCUT2D eigenvalue weighted by Crippen LogP contribution is -2.06. The second kappa shape index (κ2) is 6.42. The molecule has 0 spiro atoms. The van der Waals surface area contributed by atoms with Crippen molar-refractivity contribution in [3.63, 3.8) is 0 Å². The van der Waals surface area contributed by atoms with Crippen LogP contribution in [0.3, 0.4) is 0 Å². The van der Waals surface area contributed by atoms with Gasteiger partial charge >= 0.3 is 0 Å². The van der Waals surface area contributed by atoms with Crippen LogP contribution in [0, 0.1) is 12.7 Å². The van der Waals surface area contributed by atoms with Crippen LogP contribution in [0.5, 0.6) is 5.75 Å². The van der Waals surface area contributed by atoms with E-state index in [9.17, 15) is 4.39 Å². The average molecular weight is 273 g/mol. The average Bonchev–Trinajstić information content (AvgIpc) is 2.41. The first-order valence-electron chi connectivity index (χ1n) is 6.80. The molecule has 1 N–H and O–H groups in total. The van der Waals surface area contributed by atoms with E-state index in [4.69, 9.17) is 4.74 Å². The molecule has 0 amide bonds. The number of hydrogen-bond donors (Lipinski definition) is 1. The van der Waals surface area contributed by atoms with Gasteiger partial charge in [0, 0.05) is 12.2 Å². The summed E-state index contributed by atoms with van der Waals surface area (Å²) in [4.78, 5) is 0. The van der Waals surface area contributed by atoms with Gasteiger partial charge in [-0.1, -0.05) is 18.2 Å². The Kier molecular flexibility index (Phi) is 4.61. The molecule has 2 nitrogen and oxygen atoms in total.